The molecular weight excluding hydrogens is 364 g/mol. The van der Waals surface area contributed by atoms with Crippen LogP contribution in [0.3, 0.4) is 0 Å². The third kappa shape index (κ3) is 3.50. The van der Waals surface area contributed by atoms with Crippen LogP contribution >= 0.6 is 11.3 Å². The molecule has 4 aromatic rings. The molecule has 4 rings (SSSR count). The van der Waals surface area contributed by atoms with Gasteiger partial charge in [0, 0.05) is 24.0 Å². The SMILES string of the molecule is COc1ccccc1-c1cc(COC(=O)c2sccc2-n2cccc2)on1. The number of para-hydroxylation sites is 1. The molecule has 0 spiro atoms. The van der Waals surface area contributed by atoms with E-state index in [4.69, 9.17) is 14.0 Å². The van der Waals surface area contributed by atoms with E-state index in [1.54, 1.807) is 13.2 Å². The van der Waals surface area contributed by atoms with Gasteiger partial charge in [0.2, 0.25) is 0 Å². The average Bonchev–Trinajstić information content (AvgIpc) is 3.46. The van der Waals surface area contributed by atoms with Crippen molar-refractivity contribution in [2.45, 2.75) is 6.61 Å². The highest BCUT2D eigenvalue weighted by atomic mass is 32.1. The van der Waals surface area contributed by atoms with Crippen LogP contribution < -0.4 is 4.74 Å². The molecule has 6 nitrogen and oxygen atoms in total. The Kier molecular flexibility index (Phi) is 4.76. The van der Waals surface area contributed by atoms with Gasteiger partial charge in [-0.3, -0.25) is 0 Å². The Morgan fingerprint density at radius 2 is 2.00 bits per heavy atom. The molecule has 7 heteroatoms. The Balaban J connectivity index is 1.47. The normalized spacial score (nSPS) is 10.7. The minimum atomic E-state index is -0.399. The molecule has 0 saturated heterocycles. The zero-order chi connectivity index (χ0) is 18.6. The number of aromatic nitrogens is 2. The fourth-order valence-corrected chi connectivity index (χ4v) is 3.50. The first kappa shape index (κ1) is 17.1. The van der Waals surface area contributed by atoms with Crippen molar-refractivity contribution in [2.24, 2.45) is 0 Å². The highest BCUT2D eigenvalue weighted by Crippen LogP contribution is 2.29. The van der Waals surface area contributed by atoms with Crippen molar-refractivity contribution in [3.05, 3.63) is 76.9 Å². The first-order valence-electron chi connectivity index (χ1n) is 8.23. The molecule has 27 heavy (non-hydrogen) atoms. The lowest BCUT2D eigenvalue weighted by Gasteiger charge is -2.05. The van der Waals surface area contributed by atoms with Gasteiger partial charge in [0.1, 0.15) is 16.3 Å². The topological polar surface area (TPSA) is 66.5 Å². The first-order chi connectivity index (χ1) is 13.3. The number of methoxy groups -OCH3 is 1. The summed E-state index contributed by atoms with van der Waals surface area (Å²) < 4.78 is 17.9. The average molecular weight is 380 g/mol. The number of ether oxygens (including phenoxy) is 2. The largest absolute Gasteiger partial charge is 0.496 e. The van der Waals surface area contributed by atoms with Crippen LogP contribution in [0.25, 0.3) is 16.9 Å². The molecule has 0 aliphatic carbocycles. The molecule has 136 valence electrons. The predicted octanol–water partition coefficient (Wildman–Crippen LogP) is 4.56. The van der Waals surface area contributed by atoms with Crippen LogP contribution in [-0.2, 0) is 11.3 Å². The number of esters is 1. The number of rotatable bonds is 6. The number of hydrogen-bond acceptors (Lipinski definition) is 6. The van der Waals surface area contributed by atoms with Crippen LogP contribution in [0.15, 0.2) is 70.8 Å². The van der Waals surface area contributed by atoms with Gasteiger partial charge in [-0.15, -0.1) is 11.3 Å². The molecule has 3 heterocycles. The highest BCUT2D eigenvalue weighted by molar-refractivity contribution is 7.12. The van der Waals surface area contributed by atoms with E-state index in [1.165, 1.54) is 11.3 Å². The quantitative estimate of drug-likeness (QED) is 0.459. The lowest BCUT2D eigenvalue weighted by molar-refractivity contribution is 0.0443. The Bertz CT molecular complexity index is 1050. The van der Waals surface area contributed by atoms with Crippen LogP contribution in [0.2, 0.25) is 0 Å². The van der Waals surface area contributed by atoms with Crippen molar-refractivity contribution in [2.75, 3.05) is 7.11 Å². The summed E-state index contributed by atoms with van der Waals surface area (Å²) in [6.07, 6.45) is 3.77. The molecule has 0 unspecified atom stereocenters. The maximum Gasteiger partial charge on any atom is 0.350 e. The van der Waals surface area contributed by atoms with Crippen molar-refractivity contribution in [1.29, 1.82) is 0 Å². The number of hydrogen-bond donors (Lipinski definition) is 0. The molecule has 0 aliphatic rings. The Morgan fingerprint density at radius 1 is 1.19 bits per heavy atom. The highest BCUT2D eigenvalue weighted by Gasteiger charge is 2.17. The molecule has 3 aromatic heterocycles. The summed E-state index contributed by atoms with van der Waals surface area (Å²) in [5, 5.41) is 5.91. The Morgan fingerprint density at radius 3 is 2.81 bits per heavy atom. The van der Waals surface area contributed by atoms with E-state index in [1.807, 2.05) is 64.8 Å². The molecule has 0 amide bonds. The summed E-state index contributed by atoms with van der Waals surface area (Å²) in [5.74, 6) is 0.761. The molecule has 0 fully saturated rings. The number of carbonyl (C=O) groups excluding carboxylic acids is 1. The van der Waals surface area contributed by atoms with E-state index in [2.05, 4.69) is 5.16 Å². The van der Waals surface area contributed by atoms with Crippen LogP contribution in [0.5, 0.6) is 5.75 Å². The second kappa shape index (κ2) is 7.51. The maximum atomic E-state index is 12.5. The van der Waals surface area contributed by atoms with E-state index in [0.29, 0.717) is 22.1 Å². The van der Waals surface area contributed by atoms with Gasteiger partial charge in [-0.25, -0.2) is 4.79 Å². The monoisotopic (exact) mass is 380 g/mol. The van der Waals surface area contributed by atoms with Crippen molar-refractivity contribution in [1.82, 2.24) is 9.72 Å². The summed E-state index contributed by atoms with van der Waals surface area (Å²) in [6, 6.07) is 15.0. The number of nitrogens with zero attached hydrogens (tertiary/aromatic N) is 2. The Labute approximate surface area is 159 Å². The lowest BCUT2D eigenvalue weighted by Crippen LogP contribution is -2.06. The Hall–Kier alpha value is -3.32. The molecule has 0 saturated carbocycles. The molecule has 0 aliphatic heterocycles. The summed E-state index contributed by atoms with van der Waals surface area (Å²) in [6.45, 7) is 0.00397. The summed E-state index contributed by atoms with van der Waals surface area (Å²) in [7, 11) is 1.60. The van der Waals surface area contributed by atoms with E-state index in [9.17, 15) is 4.79 Å². The van der Waals surface area contributed by atoms with Gasteiger partial charge < -0.3 is 18.6 Å². The minimum absolute atomic E-state index is 0.00397. The van der Waals surface area contributed by atoms with Crippen LogP contribution in [0.4, 0.5) is 0 Å². The summed E-state index contributed by atoms with van der Waals surface area (Å²) in [5.41, 5.74) is 2.24. The van der Waals surface area contributed by atoms with Crippen LogP contribution in [-0.4, -0.2) is 22.8 Å². The molecule has 0 atom stereocenters. The number of thiophene rings is 1. The van der Waals surface area contributed by atoms with Gasteiger partial charge in [-0.1, -0.05) is 17.3 Å². The maximum absolute atomic E-state index is 12.5. The molecule has 1 aromatic carbocycles. The van der Waals surface area contributed by atoms with Crippen LogP contribution in [0.1, 0.15) is 15.4 Å². The zero-order valence-corrected chi connectivity index (χ0v) is 15.3. The standard InChI is InChI=1S/C20H16N2O4S/c1-24-18-7-3-2-6-15(18)16-12-14(26-21-16)13-25-20(23)19-17(8-11-27-19)22-9-4-5-10-22/h2-12H,13H2,1H3. The first-order valence-corrected chi connectivity index (χ1v) is 9.11. The van der Waals surface area contributed by atoms with Gasteiger partial charge in [0.15, 0.2) is 12.4 Å². The van der Waals surface area contributed by atoms with Crippen molar-refractivity contribution < 1.29 is 18.8 Å². The molecule has 0 radical (unpaired) electrons. The van der Waals surface area contributed by atoms with Gasteiger partial charge in [0.25, 0.3) is 0 Å². The van der Waals surface area contributed by atoms with E-state index in [0.717, 1.165) is 11.3 Å². The molecule has 0 bridgehead atoms. The van der Waals surface area contributed by atoms with E-state index >= 15 is 0 Å². The molecular formula is C20H16N2O4S. The number of carbonyl (C=O) groups is 1. The second-order valence-electron chi connectivity index (χ2n) is 5.68. The zero-order valence-electron chi connectivity index (χ0n) is 14.5. The third-order valence-electron chi connectivity index (χ3n) is 4.00. The molecule has 0 N–H and O–H groups in total. The van der Waals surface area contributed by atoms with Gasteiger partial charge in [-0.05, 0) is 35.7 Å². The third-order valence-corrected chi connectivity index (χ3v) is 4.88. The fraction of sp³-hybridized carbons (Fsp3) is 0.100. The fourth-order valence-electron chi connectivity index (χ4n) is 2.72. The van der Waals surface area contributed by atoms with Crippen molar-refractivity contribution in [3.63, 3.8) is 0 Å². The lowest BCUT2D eigenvalue weighted by atomic mass is 10.1. The van der Waals surface area contributed by atoms with E-state index in [-0.39, 0.29) is 6.61 Å². The second-order valence-corrected chi connectivity index (χ2v) is 6.60. The van der Waals surface area contributed by atoms with Crippen LogP contribution in [0, 0.1) is 0 Å². The van der Waals surface area contributed by atoms with Gasteiger partial charge in [0.05, 0.1) is 12.8 Å². The van der Waals surface area contributed by atoms with Crippen molar-refractivity contribution >= 4 is 17.3 Å². The smallest absolute Gasteiger partial charge is 0.350 e. The van der Waals surface area contributed by atoms with Crippen molar-refractivity contribution in [3.8, 4) is 22.7 Å². The van der Waals surface area contributed by atoms with Gasteiger partial charge in [-0.2, -0.15) is 0 Å². The van der Waals surface area contributed by atoms with E-state index < -0.39 is 5.97 Å². The summed E-state index contributed by atoms with van der Waals surface area (Å²) >= 11 is 1.34. The van der Waals surface area contributed by atoms with Gasteiger partial charge >= 0.3 is 5.97 Å². The summed E-state index contributed by atoms with van der Waals surface area (Å²) in [4.78, 5) is 13.0. The number of benzene rings is 1. The minimum Gasteiger partial charge on any atom is -0.496 e. The predicted molar refractivity (Wildman–Crippen MR) is 101 cm³/mol.